The van der Waals surface area contributed by atoms with Crippen molar-refractivity contribution in [1.29, 1.82) is 0 Å². The number of hydrogen-bond donors (Lipinski definition) is 1. The third-order valence-electron chi connectivity index (χ3n) is 5.11. The van der Waals surface area contributed by atoms with Gasteiger partial charge in [-0.2, -0.15) is 0 Å². The van der Waals surface area contributed by atoms with Crippen LogP contribution in [0.4, 0.5) is 17.1 Å². The number of anilines is 3. The van der Waals surface area contributed by atoms with Crippen LogP contribution in [0.3, 0.4) is 0 Å². The molecule has 2 aliphatic rings. The summed E-state index contributed by atoms with van der Waals surface area (Å²) in [5.74, 6) is -1.54. The lowest BCUT2D eigenvalue weighted by Gasteiger charge is -2.33. The van der Waals surface area contributed by atoms with E-state index >= 15 is 0 Å². The zero-order valence-electron chi connectivity index (χ0n) is 15.6. The van der Waals surface area contributed by atoms with Crippen LogP contribution in [0.15, 0.2) is 18.2 Å². The number of rotatable bonds is 4. The van der Waals surface area contributed by atoms with E-state index < -0.39 is 11.9 Å². The summed E-state index contributed by atoms with van der Waals surface area (Å²) in [6.07, 6.45) is 7.21. The highest BCUT2D eigenvalue weighted by molar-refractivity contribution is 6.37. The van der Waals surface area contributed by atoms with Crippen molar-refractivity contribution in [2.75, 3.05) is 47.9 Å². The van der Waals surface area contributed by atoms with E-state index in [4.69, 9.17) is 4.74 Å². The lowest BCUT2D eigenvalue weighted by Crippen LogP contribution is -2.32. The van der Waals surface area contributed by atoms with E-state index in [1.165, 1.54) is 25.7 Å². The summed E-state index contributed by atoms with van der Waals surface area (Å²) < 4.78 is 4.83. The topological polar surface area (TPSA) is 61.9 Å². The Hall–Kier alpha value is -2.24. The molecule has 0 bridgehead atoms. The third kappa shape index (κ3) is 4.48. The molecule has 0 radical (unpaired) electrons. The van der Waals surface area contributed by atoms with Gasteiger partial charge >= 0.3 is 11.9 Å². The standard InChI is InChI=1S/C20H29N3O3/c1-2-26-20(25)19(24)21-17-15-16(22-11-5-3-6-12-22)9-10-18(17)23-13-7-4-8-14-23/h9-10,15H,2-8,11-14H2,1H3,(H,21,24). The summed E-state index contributed by atoms with van der Waals surface area (Å²) in [6, 6.07) is 6.22. The normalized spacial score (nSPS) is 17.7. The molecule has 1 amide bonds. The number of nitrogens with one attached hydrogen (secondary N) is 1. The number of piperidine rings is 2. The zero-order chi connectivity index (χ0) is 18.4. The molecule has 2 heterocycles. The van der Waals surface area contributed by atoms with Crippen molar-refractivity contribution in [2.45, 2.75) is 45.4 Å². The maximum atomic E-state index is 12.2. The molecule has 1 aromatic carbocycles. The second kappa shape index (κ2) is 8.92. The maximum Gasteiger partial charge on any atom is 0.397 e. The van der Waals surface area contributed by atoms with Gasteiger partial charge in [0.1, 0.15) is 0 Å². The highest BCUT2D eigenvalue weighted by Gasteiger charge is 2.21. The predicted octanol–water partition coefficient (Wildman–Crippen LogP) is 3.17. The maximum absolute atomic E-state index is 12.2. The Kier molecular flexibility index (Phi) is 6.36. The van der Waals surface area contributed by atoms with Crippen molar-refractivity contribution in [3.8, 4) is 0 Å². The Balaban J connectivity index is 1.85. The van der Waals surface area contributed by atoms with Crippen molar-refractivity contribution in [1.82, 2.24) is 0 Å². The first-order valence-electron chi connectivity index (χ1n) is 9.81. The lowest BCUT2D eigenvalue weighted by molar-refractivity contribution is -0.152. The molecule has 0 atom stereocenters. The predicted molar refractivity (Wildman–Crippen MR) is 104 cm³/mol. The van der Waals surface area contributed by atoms with Crippen LogP contribution in [0.1, 0.15) is 45.4 Å². The van der Waals surface area contributed by atoms with Crippen LogP contribution >= 0.6 is 0 Å². The number of carbonyl (C=O) groups is 2. The molecule has 3 rings (SSSR count). The molecule has 26 heavy (non-hydrogen) atoms. The first-order valence-corrected chi connectivity index (χ1v) is 9.81. The van der Waals surface area contributed by atoms with Crippen molar-refractivity contribution in [3.63, 3.8) is 0 Å². The number of hydrogen-bond acceptors (Lipinski definition) is 5. The van der Waals surface area contributed by atoms with Crippen LogP contribution in [-0.4, -0.2) is 44.7 Å². The number of esters is 1. The first-order chi connectivity index (χ1) is 12.7. The Morgan fingerprint density at radius 1 is 0.962 bits per heavy atom. The van der Waals surface area contributed by atoms with Crippen molar-refractivity contribution in [2.24, 2.45) is 0 Å². The number of benzene rings is 1. The van der Waals surface area contributed by atoms with Crippen molar-refractivity contribution in [3.05, 3.63) is 18.2 Å². The van der Waals surface area contributed by atoms with Crippen molar-refractivity contribution < 1.29 is 14.3 Å². The first kappa shape index (κ1) is 18.5. The van der Waals surface area contributed by atoms with Gasteiger partial charge < -0.3 is 19.9 Å². The van der Waals surface area contributed by atoms with Gasteiger partial charge in [0.15, 0.2) is 0 Å². The lowest BCUT2D eigenvalue weighted by atomic mass is 10.1. The second-order valence-electron chi connectivity index (χ2n) is 6.97. The summed E-state index contributed by atoms with van der Waals surface area (Å²) >= 11 is 0. The summed E-state index contributed by atoms with van der Waals surface area (Å²) in [7, 11) is 0. The van der Waals surface area contributed by atoms with Gasteiger partial charge in [-0.3, -0.25) is 4.79 Å². The van der Waals surface area contributed by atoms with Crippen LogP contribution in [0.25, 0.3) is 0 Å². The highest BCUT2D eigenvalue weighted by Crippen LogP contribution is 2.33. The molecule has 6 heteroatoms. The summed E-state index contributed by atoms with van der Waals surface area (Å²) in [5.41, 5.74) is 2.79. The molecule has 0 aliphatic carbocycles. The smallest absolute Gasteiger partial charge is 0.397 e. The Bertz CT molecular complexity index is 635. The monoisotopic (exact) mass is 359 g/mol. The average Bonchev–Trinajstić information content (AvgIpc) is 2.69. The Morgan fingerprint density at radius 3 is 2.19 bits per heavy atom. The minimum atomic E-state index is -0.833. The Labute approximate surface area is 155 Å². The molecule has 2 saturated heterocycles. The fourth-order valence-corrected chi connectivity index (χ4v) is 3.75. The summed E-state index contributed by atoms with van der Waals surface area (Å²) in [5, 5.41) is 2.79. The largest absolute Gasteiger partial charge is 0.459 e. The van der Waals surface area contributed by atoms with E-state index in [9.17, 15) is 9.59 Å². The van der Waals surface area contributed by atoms with Gasteiger partial charge in [0.25, 0.3) is 0 Å². The van der Waals surface area contributed by atoms with Crippen molar-refractivity contribution >= 4 is 28.9 Å². The van der Waals surface area contributed by atoms with E-state index in [-0.39, 0.29) is 6.61 Å². The fourth-order valence-electron chi connectivity index (χ4n) is 3.75. The van der Waals surface area contributed by atoms with Gasteiger partial charge in [-0.15, -0.1) is 0 Å². The molecule has 0 aromatic heterocycles. The molecule has 0 spiro atoms. The van der Waals surface area contributed by atoms with E-state index in [1.807, 2.05) is 6.07 Å². The van der Waals surface area contributed by atoms with Crippen LogP contribution < -0.4 is 15.1 Å². The van der Waals surface area contributed by atoms with E-state index in [0.29, 0.717) is 5.69 Å². The molecular weight excluding hydrogens is 330 g/mol. The molecule has 1 aromatic rings. The van der Waals surface area contributed by atoms with Gasteiger partial charge in [0, 0.05) is 31.9 Å². The fraction of sp³-hybridized carbons (Fsp3) is 0.600. The molecule has 0 unspecified atom stereocenters. The van der Waals surface area contributed by atoms with Crippen LogP contribution in [0.5, 0.6) is 0 Å². The van der Waals surface area contributed by atoms with Crippen LogP contribution in [0.2, 0.25) is 0 Å². The van der Waals surface area contributed by atoms with Gasteiger partial charge in [-0.1, -0.05) is 0 Å². The van der Waals surface area contributed by atoms with Crippen LogP contribution in [0, 0.1) is 0 Å². The second-order valence-corrected chi connectivity index (χ2v) is 6.97. The van der Waals surface area contributed by atoms with E-state index in [1.54, 1.807) is 6.92 Å². The third-order valence-corrected chi connectivity index (χ3v) is 5.11. The minimum absolute atomic E-state index is 0.194. The number of nitrogens with zero attached hydrogens (tertiary/aromatic N) is 2. The van der Waals surface area contributed by atoms with Gasteiger partial charge in [0.2, 0.25) is 0 Å². The van der Waals surface area contributed by atoms with Gasteiger partial charge in [-0.05, 0) is 63.6 Å². The Morgan fingerprint density at radius 2 is 1.58 bits per heavy atom. The molecule has 142 valence electrons. The SMILES string of the molecule is CCOC(=O)C(=O)Nc1cc(N2CCCCC2)ccc1N1CCCCC1. The molecular formula is C20H29N3O3. The minimum Gasteiger partial charge on any atom is -0.459 e. The van der Waals surface area contributed by atoms with Gasteiger partial charge in [-0.25, -0.2) is 4.79 Å². The van der Waals surface area contributed by atoms with E-state index in [2.05, 4.69) is 27.2 Å². The van der Waals surface area contributed by atoms with Crippen LogP contribution in [-0.2, 0) is 14.3 Å². The zero-order valence-corrected chi connectivity index (χ0v) is 15.6. The van der Waals surface area contributed by atoms with E-state index in [0.717, 1.165) is 50.4 Å². The molecule has 0 saturated carbocycles. The number of ether oxygens (including phenoxy) is 1. The summed E-state index contributed by atoms with van der Waals surface area (Å²) in [4.78, 5) is 28.6. The average molecular weight is 359 g/mol. The molecule has 2 aliphatic heterocycles. The molecule has 2 fully saturated rings. The highest BCUT2D eigenvalue weighted by atomic mass is 16.5. The molecule has 6 nitrogen and oxygen atoms in total. The number of carbonyl (C=O) groups excluding carboxylic acids is 2. The molecule has 1 N–H and O–H groups in total. The summed E-state index contributed by atoms with van der Waals surface area (Å²) in [6.45, 7) is 5.92. The quantitative estimate of drug-likeness (QED) is 0.661. The van der Waals surface area contributed by atoms with Gasteiger partial charge in [0.05, 0.1) is 18.0 Å². The number of amides is 1.